The van der Waals surface area contributed by atoms with Crippen LogP contribution in [0.2, 0.25) is 38.3 Å². The minimum absolute atomic E-state index is 0.131. The van der Waals surface area contributed by atoms with Gasteiger partial charge in [-0.25, -0.2) is 0 Å². The molecule has 0 spiro atoms. The molecule has 0 aromatic heterocycles. The Morgan fingerprint density at radius 1 is 0.419 bits per heavy atom. The molecule has 0 fully saturated rings. The van der Waals surface area contributed by atoms with E-state index in [1.54, 1.807) is 0 Å². The first-order chi connectivity index (χ1) is 20.7. The molecular formula is C34H46O5Si4. The molecule has 0 bridgehead atoms. The summed E-state index contributed by atoms with van der Waals surface area (Å²) in [5, 5.41) is 23.7. The van der Waals surface area contributed by atoms with Crippen LogP contribution in [-0.2, 0) is 12.3 Å². The Bertz CT molecular complexity index is 1190. The highest BCUT2D eigenvalue weighted by atomic mass is 28.5. The van der Waals surface area contributed by atoms with Crippen LogP contribution in [0.5, 0.6) is 0 Å². The molecule has 4 rings (SSSR count). The zero-order valence-corrected chi connectivity index (χ0v) is 29.9. The topological polar surface area (TPSA) is 68.2 Å². The molecule has 4 aromatic rings. The third-order valence-corrected chi connectivity index (χ3v) is 24.1. The Balaban J connectivity index is 2.06. The van der Waals surface area contributed by atoms with Crippen LogP contribution in [0.25, 0.3) is 0 Å². The summed E-state index contributed by atoms with van der Waals surface area (Å²) < 4.78 is 23.1. The lowest BCUT2D eigenvalue weighted by molar-refractivity contribution is 0.289. The molecule has 0 aliphatic carbocycles. The van der Waals surface area contributed by atoms with Crippen molar-refractivity contribution in [1.29, 1.82) is 0 Å². The van der Waals surface area contributed by atoms with E-state index in [4.69, 9.17) is 12.3 Å². The maximum atomic E-state index is 9.76. The fourth-order valence-electron chi connectivity index (χ4n) is 5.57. The van der Waals surface area contributed by atoms with E-state index >= 15 is 0 Å². The number of benzene rings is 4. The van der Waals surface area contributed by atoms with Crippen LogP contribution in [0.3, 0.4) is 0 Å². The number of hydrogen-bond donors (Lipinski definition) is 2. The Morgan fingerprint density at radius 3 is 0.907 bits per heavy atom. The molecular weight excluding hydrogens is 601 g/mol. The van der Waals surface area contributed by atoms with Gasteiger partial charge in [-0.3, -0.25) is 0 Å². The largest absolute Gasteiger partial charge is 0.430 e. The Kier molecular flexibility index (Phi) is 11.7. The van der Waals surface area contributed by atoms with Crippen molar-refractivity contribution in [3.8, 4) is 0 Å². The van der Waals surface area contributed by atoms with Crippen molar-refractivity contribution < 1.29 is 22.6 Å². The number of aliphatic hydroxyl groups is 2. The molecule has 0 amide bonds. The van der Waals surface area contributed by atoms with E-state index < -0.39 is 33.8 Å². The van der Waals surface area contributed by atoms with Gasteiger partial charge in [0.05, 0.1) is 0 Å². The van der Waals surface area contributed by atoms with Gasteiger partial charge < -0.3 is 22.6 Å². The summed E-state index contributed by atoms with van der Waals surface area (Å²) in [4.78, 5) is 0. The molecule has 2 N–H and O–H groups in total. The third kappa shape index (κ3) is 8.38. The van der Waals surface area contributed by atoms with Crippen LogP contribution in [0.1, 0.15) is 12.8 Å². The molecule has 0 radical (unpaired) electrons. The van der Waals surface area contributed by atoms with Gasteiger partial charge in [0.1, 0.15) is 0 Å². The van der Waals surface area contributed by atoms with E-state index in [1.165, 1.54) is 0 Å². The van der Waals surface area contributed by atoms with Gasteiger partial charge in [-0.2, -0.15) is 0 Å². The van der Waals surface area contributed by atoms with Crippen LogP contribution in [-0.4, -0.2) is 57.2 Å². The average Bonchev–Trinajstić information content (AvgIpc) is 3.03. The summed E-state index contributed by atoms with van der Waals surface area (Å²) in [7, 11) is -11.7. The standard InChI is InChI=1S/C34H46O5Si4/c1-40(2,29-17-27-35)37-42(31-19-9-5-10-20-31,32-21-11-6-12-22-32)39-43(33-23-13-7-14-24-33,34-25-15-8-16-26-34)38-41(3,4)30-18-28-36/h5-16,19-26,35-36H,17-18,27-30H2,1-4H3. The highest BCUT2D eigenvalue weighted by Crippen LogP contribution is 2.28. The van der Waals surface area contributed by atoms with Crippen molar-refractivity contribution in [3.63, 3.8) is 0 Å². The molecule has 5 nitrogen and oxygen atoms in total. The lowest BCUT2D eigenvalue weighted by atomic mass is 10.4. The van der Waals surface area contributed by atoms with Gasteiger partial charge in [-0.05, 0) is 71.9 Å². The van der Waals surface area contributed by atoms with Crippen LogP contribution >= 0.6 is 0 Å². The summed E-state index contributed by atoms with van der Waals surface area (Å²) >= 11 is 0. The van der Waals surface area contributed by atoms with Gasteiger partial charge in [0.2, 0.25) is 0 Å². The summed E-state index contributed by atoms with van der Waals surface area (Å²) in [6, 6.07) is 43.3. The normalized spacial score (nSPS) is 12.8. The van der Waals surface area contributed by atoms with Gasteiger partial charge >= 0.3 is 17.1 Å². The van der Waals surface area contributed by atoms with Crippen LogP contribution in [0.4, 0.5) is 0 Å². The molecule has 0 aliphatic rings. The Labute approximate surface area is 261 Å². The molecule has 9 heteroatoms. The van der Waals surface area contributed by atoms with Gasteiger partial charge in [-0.15, -0.1) is 0 Å². The highest BCUT2D eigenvalue weighted by Gasteiger charge is 2.57. The SMILES string of the molecule is C[Si](C)(CCCO)O[Si](O[Si](O[Si](C)(C)CCCO)(c1ccccc1)c1ccccc1)(c1ccccc1)c1ccccc1. The lowest BCUT2D eigenvalue weighted by Crippen LogP contribution is -2.78. The van der Waals surface area contributed by atoms with E-state index in [0.717, 1.165) is 32.8 Å². The van der Waals surface area contributed by atoms with Crippen molar-refractivity contribution >= 4 is 54.5 Å². The summed E-state index contributed by atoms with van der Waals surface area (Å²) in [6.07, 6.45) is 1.37. The van der Waals surface area contributed by atoms with E-state index in [-0.39, 0.29) is 13.2 Å². The molecule has 4 aromatic carbocycles. The summed E-state index contributed by atoms with van der Waals surface area (Å²) in [5.41, 5.74) is 0. The van der Waals surface area contributed by atoms with Crippen molar-refractivity contribution in [1.82, 2.24) is 0 Å². The lowest BCUT2D eigenvalue weighted by Gasteiger charge is -2.47. The van der Waals surface area contributed by atoms with Crippen LogP contribution in [0, 0.1) is 0 Å². The van der Waals surface area contributed by atoms with E-state index in [9.17, 15) is 10.2 Å². The summed E-state index contributed by atoms with van der Waals surface area (Å²) in [5.74, 6) is 0. The van der Waals surface area contributed by atoms with Gasteiger partial charge in [-0.1, -0.05) is 121 Å². The molecule has 0 heterocycles. The van der Waals surface area contributed by atoms with Crippen LogP contribution < -0.4 is 20.7 Å². The number of hydrogen-bond acceptors (Lipinski definition) is 5. The number of rotatable bonds is 16. The predicted molar refractivity (Wildman–Crippen MR) is 187 cm³/mol. The second-order valence-corrected chi connectivity index (χ2v) is 27.4. The molecule has 0 aliphatic heterocycles. The van der Waals surface area contributed by atoms with Crippen LogP contribution in [0.15, 0.2) is 121 Å². The third-order valence-electron chi connectivity index (χ3n) is 7.62. The predicted octanol–water partition coefficient (Wildman–Crippen LogP) is 4.72. The van der Waals surface area contributed by atoms with Crippen molar-refractivity contribution in [2.45, 2.75) is 51.1 Å². The quantitative estimate of drug-likeness (QED) is 0.173. The molecule has 0 saturated heterocycles. The van der Waals surface area contributed by atoms with Gasteiger partial charge in [0.15, 0.2) is 16.6 Å². The maximum Gasteiger partial charge on any atom is 0.388 e. The minimum Gasteiger partial charge on any atom is -0.430 e. The fraction of sp³-hybridized carbons (Fsp3) is 0.294. The van der Waals surface area contributed by atoms with Gasteiger partial charge in [0.25, 0.3) is 0 Å². The zero-order valence-electron chi connectivity index (χ0n) is 25.9. The first-order valence-electron chi connectivity index (χ1n) is 15.2. The molecule has 0 atom stereocenters. The minimum atomic E-state index is -3.48. The fourth-order valence-corrected chi connectivity index (χ4v) is 24.3. The van der Waals surface area contributed by atoms with Crippen molar-refractivity contribution in [2.75, 3.05) is 13.2 Å². The molecule has 0 saturated carbocycles. The molecule has 43 heavy (non-hydrogen) atoms. The maximum absolute atomic E-state index is 9.76. The second kappa shape index (κ2) is 15.0. The molecule has 228 valence electrons. The Morgan fingerprint density at radius 2 is 0.674 bits per heavy atom. The number of aliphatic hydroxyl groups excluding tert-OH is 2. The van der Waals surface area contributed by atoms with Crippen molar-refractivity contribution in [2.24, 2.45) is 0 Å². The van der Waals surface area contributed by atoms with Crippen molar-refractivity contribution in [3.05, 3.63) is 121 Å². The Hall–Kier alpha value is -2.45. The first kappa shape index (κ1) is 33.4. The zero-order chi connectivity index (χ0) is 30.8. The summed E-state index contributed by atoms with van der Waals surface area (Å²) in [6.45, 7) is 9.19. The van der Waals surface area contributed by atoms with E-state index in [2.05, 4.69) is 123 Å². The highest BCUT2D eigenvalue weighted by molar-refractivity contribution is 7.08. The van der Waals surface area contributed by atoms with Gasteiger partial charge in [0, 0.05) is 13.2 Å². The smallest absolute Gasteiger partial charge is 0.388 e. The second-order valence-electron chi connectivity index (χ2n) is 12.2. The first-order valence-corrected chi connectivity index (χ1v) is 25.1. The van der Waals surface area contributed by atoms with E-state index in [0.29, 0.717) is 12.8 Å². The monoisotopic (exact) mass is 646 g/mol. The molecule has 0 unspecified atom stereocenters. The average molecular weight is 647 g/mol. The van der Waals surface area contributed by atoms with E-state index in [1.807, 2.05) is 24.3 Å².